The number of carbonyl (C=O) groups is 2. The monoisotopic (exact) mass is 440 g/mol. The number of imide groups is 1. The molecule has 5 rings (SSSR count). The molecule has 6 nitrogen and oxygen atoms in total. The lowest BCUT2D eigenvalue weighted by molar-refractivity contribution is -0.139. The molecular weight excluding hydrogens is 412 g/mol. The van der Waals surface area contributed by atoms with Gasteiger partial charge in [-0.25, -0.2) is 4.98 Å². The molecule has 0 radical (unpaired) electrons. The van der Waals surface area contributed by atoms with Gasteiger partial charge in [0.1, 0.15) is 5.82 Å². The highest BCUT2D eigenvalue weighted by molar-refractivity contribution is 6.05. The molecule has 1 aromatic heterocycles. The molecule has 6 heteroatoms. The van der Waals surface area contributed by atoms with E-state index >= 15 is 0 Å². The Hall–Kier alpha value is -3.51. The lowest BCUT2D eigenvalue weighted by atomic mass is 9.91. The molecule has 3 aromatic rings. The van der Waals surface area contributed by atoms with Gasteiger partial charge in [-0.2, -0.15) is 0 Å². The molecule has 2 aromatic carbocycles. The Morgan fingerprint density at radius 1 is 0.788 bits per heavy atom. The van der Waals surface area contributed by atoms with Gasteiger partial charge in [-0.15, -0.1) is 0 Å². The minimum atomic E-state index is -0.365. The van der Waals surface area contributed by atoms with Crippen LogP contribution in [0.25, 0.3) is 0 Å². The first kappa shape index (κ1) is 21.3. The van der Waals surface area contributed by atoms with E-state index in [0.29, 0.717) is 6.54 Å². The first-order valence-electron chi connectivity index (χ1n) is 11.5. The highest BCUT2D eigenvalue weighted by Gasteiger charge is 2.43. The van der Waals surface area contributed by atoms with Crippen molar-refractivity contribution < 1.29 is 9.59 Å². The number of anilines is 1. The lowest BCUT2D eigenvalue weighted by Crippen LogP contribution is -2.53. The number of benzene rings is 2. The van der Waals surface area contributed by atoms with E-state index in [4.69, 9.17) is 0 Å². The van der Waals surface area contributed by atoms with Crippen molar-refractivity contribution in [3.05, 3.63) is 96.2 Å². The van der Waals surface area contributed by atoms with Crippen LogP contribution in [-0.2, 0) is 9.59 Å². The molecule has 0 aliphatic carbocycles. The second-order valence-electron chi connectivity index (χ2n) is 8.65. The predicted molar refractivity (Wildman–Crippen MR) is 128 cm³/mol. The third-order valence-electron chi connectivity index (χ3n) is 6.72. The van der Waals surface area contributed by atoms with E-state index in [-0.39, 0.29) is 30.2 Å². The average Bonchev–Trinajstić information content (AvgIpc) is 3.17. The molecule has 2 fully saturated rings. The summed E-state index contributed by atoms with van der Waals surface area (Å²) in [6.07, 6.45) is 2.06. The van der Waals surface area contributed by atoms with E-state index in [9.17, 15) is 9.59 Å². The molecule has 0 bridgehead atoms. The highest BCUT2D eigenvalue weighted by atomic mass is 16.2. The summed E-state index contributed by atoms with van der Waals surface area (Å²) < 4.78 is 0. The maximum Gasteiger partial charge on any atom is 0.247 e. The van der Waals surface area contributed by atoms with Gasteiger partial charge >= 0.3 is 0 Å². The minimum Gasteiger partial charge on any atom is -0.354 e. The van der Waals surface area contributed by atoms with E-state index in [2.05, 4.69) is 39.0 Å². The average molecular weight is 441 g/mol. The van der Waals surface area contributed by atoms with Crippen LogP contribution in [-0.4, -0.2) is 65.4 Å². The van der Waals surface area contributed by atoms with Crippen LogP contribution >= 0.6 is 0 Å². The van der Waals surface area contributed by atoms with Crippen LogP contribution in [0.1, 0.15) is 23.5 Å². The number of pyridine rings is 1. The van der Waals surface area contributed by atoms with Crippen LogP contribution in [0, 0.1) is 0 Å². The van der Waals surface area contributed by atoms with E-state index in [1.807, 2.05) is 54.6 Å². The number of carbonyl (C=O) groups excluding carboxylic acids is 2. The number of rotatable bonds is 6. The van der Waals surface area contributed by atoms with Crippen molar-refractivity contribution >= 4 is 17.6 Å². The highest BCUT2D eigenvalue weighted by Crippen LogP contribution is 2.29. The standard InChI is InChI=1S/C27H28N4O2/c32-26-19-24(29-15-17-30(18-16-29)25-13-7-8-14-28-25)27(33)31(26)20-23(21-9-3-1-4-10-21)22-11-5-2-6-12-22/h1-14,23-24H,15-20H2/t24-/m0/s1. The van der Waals surface area contributed by atoms with Crippen LogP contribution < -0.4 is 4.90 Å². The molecule has 2 aliphatic rings. The van der Waals surface area contributed by atoms with Crippen LogP contribution in [0.3, 0.4) is 0 Å². The number of amides is 2. The van der Waals surface area contributed by atoms with E-state index < -0.39 is 0 Å². The van der Waals surface area contributed by atoms with E-state index in [0.717, 1.165) is 43.1 Å². The van der Waals surface area contributed by atoms with Crippen molar-refractivity contribution in [1.82, 2.24) is 14.8 Å². The summed E-state index contributed by atoms with van der Waals surface area (Å²) in [5.74, 6) is 0.776. The zero-order valence-corrected chi connectivity index (χ0v) is 18.6. The summed E-state index contributed by atoms with van der Waals surface area (Å²) in [6, 6.07) is 25.8. The van der Waals surface area contributed by atoms with Crippen molar-refractivity contribution in [2.45, 2.75) is 18.4 Å². The number of hydrogen-bond donors (Lipinski definition) is 0. The van der Waals surface area contributed by atoms with Gasteiger partial charge in [-0.3, -0.25) is 19.4 Å². The van der Waals surface area contributed by atoms with Gasteiger partial charge < -0.3 is 4.90 Å². The van der Waals surface area contributed by atoms with Crippen molar-refractivity contribution in [2.24, 2.45) is 0 Å². The van der Waals surface area contributed by atoms with Crippen molar-refractivity contribution in [3.63, 3.8) is 0 Å². The van der Waals surface area contributed by atoms with Gasteiger partial charge in [0.15, 0.2) is 0 Å². The molecule has 2 aliphatic heterocycles. The fourth-order valence-corrected chi connectivity index (χ4v) is 4.90. The number of nitrogens with zero attached hydrogens (tertiary/aromatic N) is 4. The normalized spacial score (nSPS) is 19.5. The summed E-state index contributed by atoms with van der Waals surface area (Å²) >= 11 is 0. The zero-order chi connectivity index (χ0) is 22.6. The fourth-order valence-electron chi connectivity index (χ4n) is 4.90. The Kier molecular flexibility index (Phi) is 6.17. The molecule has 1 atom stereocenters. The van der Waals surface area contributed by atoms with Crippen molar-refractivity contribution in [3.8, 4) is 0 Å². The van der Waals surface area contributed by atoms with Crippen molar-refractivity contribution in [1.29, 1.82) is 0 Å². The Morgan fingerprint density at radius 2 is 1.39 bits per heavy atom. The summed E-state index contributed by atoms with van der Waals surface area (Å²) in [5, 5.41) is 0. The Morgan fingerprint density at radius 3 is 1.97 bits per heavy atom. The summed E-state index contributed by atoms with van der Waals surface area (Å²) in [4.78, 5) is 36.7. The molecule has 2 amide bonds. The van der Waals surface area contributed by atoms with Crippen LogP contribution in [0.2, 0.25) is 0 Å². The van der Waals surface area contributed by atoms with E-state index in [1.54, 1.807) is 6.20 Å². The SMILES string of the molecule is O=C1C[C@H](N2CCN(c3ccccn3)CC2)C(=O)N1CC(c1ccccc1)c1ccccc1. The maximum atomic E-state index is 13.4. The second-order valence-corrected chi connectivity index (χ2v) is 8.65. The minimum absolute atomic E-state index is 0.0416. The maximum absolute atomic E-state index is 13.4. The first-order valence-corrected chi connectivity index (χ1v) is 11.5. The molecule has 2 saturated heterocycles. The number of piperazine rings is 1. The summed E-state index contributed by atoms with van der Waals surface area (Å²) in [7, 11) is 0. The summed E-state index contributed by atoms with van der Waals surface area (Å²) in [5.41, 5.74) is 2.22. The van der Waals surface area contributed by atoms with Gasteiger partial charge in [-0.05, 0) is 23.3 Å². The van der Waals surface area contributed by atoms with E-state index in [1.165, 1.54) is 4.90 Å². The van der Waals surface area contributed by atoms with Crippen LogP contribution in [0.15, 0.2) is 85.1 Å². The smallest absolute Gasteiger partial charge is 0.247 e. The topological polar surface area (TPSA) is 56.8 Å². The molecule has 168 valence electrons. The third kappa shape index (κ3) is 4.52. The number of hydrogen-bond acceptors (Lipinski definition) is 5. The van der Waals surface area contributed by atoms with Gasteiger partial charge in [0, 0.05) is 44.8 Å². The molecule has 3 heterocycles. The van der Waals surface area contributed by atoms with Gasteiger partial charge in [0.25, 0.3) is 0 Å². The third-order valence-corrected chi connectivity index (χ3v) is 6.72. The first-order chi connectivity index (χ1) is 16.2. The van der Waals surface area contributed by atoms with Crippen LogP contribution in [0.4, 0.5) is 5.82 Å². The van der Waals surface area contributed by atoms with Gasteiger partial charge in [0.2, 0.25) is 11.8 Å². The predicted octanol–water partition coefficient (Wildman–Crippen LogP) is 3.16. The molecule has 0 N–H and O–H groups in total. The zero-order valence-electron chi connectivity index (χ0n) is 18.6. The Labute approximate surface area is 194 Å². The fraction of sp³-hybridized carbons (Fsp3) is 0.296. The molecular formula is C27H28N4O2. The Balaban J connectivity index is 1.29. The lowest BCUT2D eigenvalue weighted by Gasteiger charge is -2.37. The summed E-state index contributed by atoms with van der Waals surface area (Å²) in [6.45, 7) is 3.46. The number of aromatic nitrogens is 1. The largest absolute Gasteiger partial charge is 0.354 e. The van der Waals surface area contributed by atoms with Gasteiger partial charge in [0.05, 0.1) is 12.5 Å². The van der Waals surface area contributed by atoms with Gasteiger partial charge in [-0.1, -0.05) is 66.7 Å². The molecule has 0 saturated carbocycles. The number of likely N-dealkylation sites (tertiary alicyclic amines) is 1. The second kappa shape index (κ2) is 9.55. The van der Waals surface area contributed by atoms with Crippen LogP contribution in [0.5, 0.6) is 0 Å². The molecule has 0 unspecified atom stereocenters. The molecule has 33 heavy (non-hydrogen) atoms. The Bertz CT molecular complexity index is 1040. The molecule has 0 spiro atoms. The van der Waals surface area contributed by atoms with Crippen molar-refractivity contribution in [2.75, 3.05) is 37.6 Å². The quantitative estimate of drug-likeness (QED) is 0.551.